The first-order valence-electron chi connectivity index (χ1n) is 9.30. The number of halogens is 2. The molecule has 0 bridgehead atoms. The van der Waals surface area contributed by atoms with Gasteiger partial charge in [-0.1, -0.05) is 24.1 Å². The molecule has 2 aromatic rings. The van der Waals surface area contributed by atoms with Crippen molar-refractivity contribution in [3.63, 3.8) is 0 Å². The highest BCUT2D eigenvalue weighted by molar-refractivity contribution is 14.1. The Balaban J connectivity index is 1.72. The SMILES string of the molecule is C#CCOc1c(Br)cc(/C=C(/C#N)C(=O)N2CCN(c3ccccc3)CC2)cc1I. The van der Waals surface area contributed by atoms with E-state index in [0.717, 1.165) is 32.4 Å². The predicted molar refractivity (Wildman–Crippen MR) is 130 cm³/mol. The van der Waals surface area contributed by atoms with Crippen LogP contribution in [0.1, 0.15) is 5.56 Å². The van der Waals surface area contributed by atoms with Crippen LogP contribution in [0.3, 0.4) is 0 Å². The minimum atomic E-state index is -0.246. The van der Waals surface area contributed by atoms with Crippen molar-refractivity contribution in [1.29, 1.82) is 5.26 Å². The fraction of sp³-hybridized carbons (Fsp3) is 0.217. The van der Waals surface area contributed by atoms with E-state index < -0.39 is 0 Å². The molecule has 3 rings (SSSR count). The number of para-hydroxylation sites is 1. The molecule has 0 aromatic heterocycles. The van der Waals surface area contributed by atoms with Gasteiger partial charge in [-0.25, -0.2) is 0 Å². The van der Waals surface area contributed by atoms with Gasteiger partial charge in [-0.3, -0.25) is 4.79 Å². The van der Waals surface area contributed by atoms with Crippen molar-refractivity contribution in [3.05, 3.63) is 61.6 Å². The fourth-order valence-electron chi connectivity index (χ4n) is 3.20. The maximum Gasteiger partial charge on any atom is 0.264 e. The van der Waals surface area contributed by atoms with Crippen LogP contribution < -0.4 is 9.64 Å². The van der Waals surface area contributed by atoms with Crippen LogP contribution in [0.25, 0.3) is 6.08 Å². The lowest BCUT2D eigenvalue weighted by atomic mass is 10.1. The molecule has 1 aliphatic heterocycles. The number of amides is 1. The molecule has 1 fully saturated rings. The predicted octanol–water partition coefficient (Wildman–Crippen LogP) is 4.32. The second kappa shape index (κ2) is 10.5. The van der Waals surface area contributed by atoms with Crippen LogP contribution in [0, 0.1) is 27.2 Å². The van der Waals surface area contributed by atoms with E-state index in [2.05, 4.69) is 67.5 Å². The first-order valence-corrected chi connectivity index (χ1v) is 11.2. The molecule has 0 saturated carbocycles. The summed E-state index contributed by atoms with van der Waals surface area (Å²) in [6.45, 7) is 2.79. The summed E-state index contributed by atoms with van der Waals surface area (Å²) in [5, 5.41) is 9.59. The number of ether oxygens (including phenoxy) is 1. The van der Waals surface area contributed by atoms with Crippen LogP contribution in [0.2, 0.25) is 0 Å². The Morgan fingerprint density at radius 3 is 2.53 bits per heavy atom. The number of nitriles is 1. The summed E-state index contributed by atoms with van der Waals surface area (Å²) >= 11 is 5.61. The third kappa shape index (κ3) is 5.35. The van der Waals surface area contributed by atoms with Gasteiger partial charge in [-0.15, -0.1) is 6.42 Å². The number of anilines is 1. The standard InChI is InChI=1S/C23H19BrIN3O2/c1-2-12-30-22-20(24)14-17(15-21(22)25)13-18(16-26)23(29)28-10-8-27(9-11-28)19-6-4-3-5-7-19/h1,3-7,13-15H,8-12H2/b18-13-. The lowest BCUT2D eigenvalue weighted by molar-refractivity contribution is -0.126. The van der Waals surface area contributed by atoms with E-state index in [4.69, 9.17) is 11.2 Å². The molecule has 0 unspecified atom stereocenters. The second-order valence-corrected chi connectivity index (χ2v) is 8.61. The van der Waals surface area contributed by atoms with Gasteiger partial charge in [0.1, 0.15) is 24.0 Å². The molecule has 1 amide bonds. The molecule has 1 saturated heterocycles. The van der Waals surface area contributed by atoms with Crippen molar-refractivity contribution >= 4 is 56.2 Å². The summed E-state index contributed by atoms with van der Waals surface area (Å²) in [7, 11) is 0. The molecule has 5 nitrogen and oxygen atoms in total. The number of carbonyl (C=O) groups is 1. The van der Waals surface area contributed by atoms with Crippen molar-refractivity contribution in [1.82, 2.24) is 4.90 Å². The molecule has 0 N–H and O–H groups in total. The average molecular weight is 576 g/mol. The summed E-state index contributed by atoms with van der Waals surface area (Å²) in [5.74, 6) is 2.84. The minimum Gasteiger partial charge on any atom is -0.479 e. The zero-order valence-electron chi connectivity index (χ0n) is 16.1. The van der Waals surface area contributed by atoms with Gasteiger partial charge < -0.3 is 14.5 Å². The van der Waals surface area contributed by atoms with Crippen LogP contribution in [-0.4, -0.2) is 43.6 Å². The number of piperazine rings is 1. The molecule has 2 aromatic carbocycles. The van der Waals surface area contributed by atoms with E-state index in [0.29, 0.717) is 18.8 Å². The third-order valence-electron chi connectivity index (χ3n) is 4.67. The van der Waals surface area contributed by atoms with Crippen LogP contribution in [0.15, 0.2) is 52.5 Å². The highest BCUT2D eigenvalue weighted by atomic mass is 127. The molecule has 1 heterocycles. The molecular weight excluding hydrogens is 557 g/mol. The van der Waals surface area contributed by atoms with Gasteiger partial charge >= 0.3 is 0 Å². The van der Waals surface area contributed by atoms with E-state index in [1.807, 2.05) is 30.3 Å². The zero-order chi connectivity index (χ0) is 21.5. The lowest BCUT2D eigenvalue weighted by Gasteiger charge is -2.36. The van der Waals surface area contributed by atoms with Gasteiger partial charge in [-0.05, 0) is 74.4 Å². The minimum absolute atomic E-state index is 0.114. The number of benzene rings is 2. The Kier molecular flexibility index (Phi) is 7.78. The summed E-state index contributed by atoms with van der Waals surface area (Å²) < 4.78 is 7.09. The molecule has 152 valence electrons. The molecular formula is C23H19BrIN3O2. The van der Waals surface area contributed by atoms with Gasteiger partial charge in [0, 0.05) is 31.9 Å². The summed E-state index contributed by atoms with van der Waals surface area (Å²) in [4.78, 5) is 16.9. The van der Waals surface area contributed by atoms with Gasteiger partial charge in [-0.2, -0.15) is 5.26 Å². The van der Waals surface area contributed by atoms with Gasteiger partial charge in [0.25, 0.3) is 5.91 Å². The molecule has 0 radical (unpaired) electrons. The first-order chi connectivity index (χ1) is 14.5. The van der Waals surface area contributed by atoms with Crippen molar-refractivity contribution in [2.24, 2.45) is 0 Å². The number of hydrogen-bond acceptors (Lipinski definition) is 4. The van der Waals surface area contributed by atoms with E-state index >= 15 is 0 Å². The van der Waals surface area contributed by atoms with Crippen LogP contribution in [0.5, 0.6) is 5.75 Å². The molecule has 0 aliphatic carbocycles. The Labute approximate surface area is 198 Å². The normalized spacial score (nSPS) is 14.1. The Morgan fingerprint density at radius 2 is 1.93 bits per heavy atom. The quantitative estimate of drug-likeness (QED) is 0.231. The van der Waals surface area contributed by atoms with Crippen LogP contribution in [-0.2, 0) is 4.79 Å². The maximum atomic E-state index is 12.9. The Bertz CT molecular complexity index is 1010. The summed E-state index contributed by atoms with van der Waals surface area (Å²) in [6.07, 6.45) is 6.87. The number of hydrogen-bond donors (Lipinski definition) is 0. The Morgan fingerprint density at radius 1 is 1.23 bits per heavy atom. The van der Waals surface area contributed by atoms with Crippen LogP contribution in [0.4, 0.5) is 5.69 Å². The van der Waals surface area contributed by atoms with Gasteiger partial charge in [0.2, 0.25) is 0 Å². The first kappa shape index (κ1) is 22.2. The molecule has 30 heavy (non-hydrogen) atoms. The highest BCUT2D eigenvalue weighted by Gasteiger charge is 2.24. The van der Waals surface area contributed by atoms with Gasteiger partial charge in [0.05, 0.1) is 8.04 Å². The van der Waals surface area contributed by atoms with Crippen molar-refractivity contribution < 1.29 is 9.53 Å². The molecule has 1 aliphatic rings. The highest BCUT2D eigenvalue weighted by Crippen LogP contribution is 2.32. The number of carbonyl (C=O) groups excluding carboxylic acids is 1. The summed E-state index contributed by atoms with van der Waals surface area (Å²) in [5.41, 5.74) is 2.00. The number of nitrogens with zero attached hydrogens (tertiary/aromatic N) is 3. The Hall–Kier alpha value is -2.49. The van der Waals surface area contributed by atoms with E-state index in [1.54, 1.807) is 11.0 Å². The molecule has 0 atom stereocenters. The largest absolute Gasteiger partial charge is 0.479 e. The smallest absolute Gasteiger partial charge is 0.264 e. The monoisotopic (exact) mass is 575 g/mol. The van der Waals surface area contributed by atoms with E-state index in [1.165, 1.54) is 0 Å². The number of terminal acetylenes is 1. The third-order valence-corrected chi connectivity index (χ3v) is 6.06. The van der Waals surface area contributed by atoms with Crippen molar-refractivity contribution in [2.75, 3.05) is 37.7 Å². The van der Waals surface area contributed by atoms with E-state index in [-0.39, 0.29) is 18.1 Å². The average Bonchev–Trinajstić information content (AvgIpc) is 2.77. The van der Waals surface area contributed by atoms with Gasteiger partial charge in [0.15, 0.2) is 0 Å². The van der Waals surface area contributed by atoms with Crippen LogP contribution >= 0.6 is 38.5 Å². The lowest BCUT2D eigenvalue weighted by Crippen LogP contribution is -2.49. The summed E-state index contributed by atoms with van der Waals surface area (Å²) in [6, 6.07) is 15.9. The maximum absolute atomic E-state index is 12.9. The van der Waals surface area contributed by atoms with Crippen molar-refractivity contribution in [2.45, 2.75) is 0 Å². The fourth-order valence-corrected chi connectivity index (χ4v) is 4.97. The van der Waals surface area contributed by atoms with Crippen molar-refractivity contribution in [3.8, 4) is 24.2 Å². The topological polar surface area (TPSA) is 56.6 Å². The second-order valence-electron chi connectivity index (χ2n) is 6.59. The zero-order valence-corrected chi connectivity index (χ0v) is 19.9. The number of rotatable bonds is 5. The molecule has 7 heteroatoms. The van der Waals surface area contributed by atoms with E-state index in [9.17, 15) is 10.1 Å². The molecule has 0 spiro atoms.